The summed E-state index contributed by atoms with van der Waals surface area (Å²) in [5, 5.41) is 3.00. The van der Waals surface area contributed by atoms with Gasteiger partial charge in [-0.05, 0) is 58.9 Å². The van der Waals surface area contributed by atoms with Crippen molar-refractivity contribution in [2.24, 2.45) is 0 Å². The number of benzene rings is 1. The summed E-state index contributed by atoms with van der Waals surface area (Å²) in [6.45, 7) is 12.2. The molecule has 0 aliphatic carbocycles. The molecule has 0 radical (unpaired) electrons. The van der Waals surface area contributed by atoms with Crippen LogP contribution >= 0.6 is 0 Å². The van der Waals surface area contributed by atoms with E-state index in [0.717, 1.165) is 4.90 Å². The van der Waals surface area contributed by atoms with E-state index >= 15 is 0 Å². The summed E-state index contributed by atoms with van der Waals surface area (Å²) in [6.07, 6.45) is 0. The zero-order valence-electron chi connectivity index (χ0n) is 16.9. The molecule has 0 bridgehead atoms. The standard InChI is InChI=1S/C19H31N3O4S/c1-6-26-16-7-9-17(10-8-16)27(24,25)22-13-11-21(12-14-22)15(2)18(23)20-19(3,4)5/h7-10,15H,6,11-14H2,1-5H3,(H,20,23)/p+1/t15-/m0/s1. The zero-order chi connectivity index (χ0) is 20.2. The molecular weight excluding hydrogens is 366 g/mol. The van der Waals surface area contributed by atoms with Crippen LogP contribution in [-0.2, 0) is 14.8 Å². The molecule has 1 saturated heterocycles. The van der Waals surface area contributed by atoms with Crippen molar-refractivity contribution in [3.63, 3.8) is 0 Å². The summed E-state index contributed by atoms with van der Waals surface area (Å²) < 4.78 is 32.6. The molecule has 8 heteroatoms. The maximum absolute atomic E-state index is 12.9. The molecule has 0 saturated carbocycles. The lowest BCUT2D eigenvalue weighted by molar-refractivity contribution is -0.917. The molecule has 0 aromatic heterocycles. The quantitative estimate of drug-likeness (QED) is 0.721. The van der Waals surface area contributed by atoms with Crippen molar-refractivity contribution in [1.29, 1.82) is 0 Å². The maximum atomic E-state index is 12.9. The molecule has 1 amide bonds. The SMILES string of the molecule is CCOc1ccc(S(=O)(=O)N2CC[NH+]([C@@H](C)C(=O)NC(C)(C)C)CC2)cc1. The van der Waals surface area contributed by atoms with Gasteiger partial charge in [-0.2, -0.15) is 4.31 Å². The molecule has 152 valence electrons. The fourth-order valence-corrected chi connectivity index (χ4v) is 4.58. The molecule has 1 aliphatic rings. The third-order valence-corrected chi connectivity index (χ3v) is 6.55. The Bertz CT molecular complexity index is 733. The first-order valence-corrected chi connectivity index (χ1v) is 10.9. The number of quaternary nitrogens is 1. The Balaban J connectivity index is 1.98. The van der Waals surface area contributed by atoms with Crippen LogP contribution in [0.4, 0.5) is 0 Å². The summed E-state index contributed by atoms with van der Waals surface area (Å²) in [5.41, 5.74) is -0.274. The van der Waals surface area contributed by atoms with Gasteiger partial charge in [-0.3, -0.25) is 4.79 Å². The molecule has 2 rings (SSSR count). The predicted molar refractivity (Wildman–Crippen MR) is 104 cm³/mol. The van der Waals surface area contributed by atoms with E-state index in [2.05, 4.69) is 5.32 Å². The van der Waals surface area contributed by atoms with Gasteiger partial charge in [-0.25, -0.2) is 8.42 Å². The molecule has 1 atom stereocenters. The van der Waals surface area contributed by atoms with Crippen molar-refractivity contribution < 1.29 is 22.8 Å². The van der Waals surface area contributed by atoms with E-state index < -0.39 is 10.0 Å². The Labute approximate surface area is 162 Å². The molecule has 2 N–H and O–H groups in total. The van der Waals surface area contributed by atoms with Crippen molar-refractivity contribution >= 4 is 15.9 Å². The van der Waals surface area contributed by atoms with Crippen molar-refractivity contribution in [3.05, 3.63) is 24.3 Å². The minimum absolute atomic E-state index is 0.000296. The number of piperazine rings is 1. The number of ether oxygens (including phenoxy) is 1. The number of hydrogen-bond donors (Lipinski definition) is 2. The number of nitrogens with one attached hydrogen (secondary N) is 2. The number of nitrogens with zero attached hydrogens (tertiary/aromatic N) is 1. The lowest BCUT2D eigenvalue weighted by Crippen LogP contribution is -3.19. The van der Waals surface area contributed by atoms with Gasteiger partial charge in [0.15, 0.2) is 6.04 Å². The van der Waals surface area contributed by atoms with Gasteiger partial charge in [0.25, 0.3) is 5.91 Å². The minimum atomic E-state index is -3.53. The largest absolute Gasteiger partial charge is 0.494 e. The number of sulfonamides is 1. The molecule has 27 heavy (non-hydrogen) atoms. The Morgan fingerprint density at radius 3 is 2.26 bits per heavy atom. The third-order valence-electron chi connectivity index (χ3n) is 4.64. The van der Waals surface area contributed by atoms with Gasteiger partial charge in [-0.1, -0.05) is 0 Å². The first-order chi connectivity index (χ1) is 12.5. The molecule has 1 aromatic rings. The van der Waals surface area contributed by atoms with Gasteiger partial charge in [-0.15, -0.1) is 0 Å². The number of hydrogen-bond acceptors (Lipinski definition) is 4. The Morgan fingerprint density at radius 2 is 1.78 bits per heavy atom. The number of carbonyl (C=O) groups is 1. The summed E-state index contributed by atoms with van der Waals surface area (Å²) in [7, 11) is -3.53. The smallest absolute Gasteiger partial charge is 0.278 e. The maximum Gasteiger partial charge on any atom is 0.278 e. The van der Waals surface area contributed by atoms with Crippen LogP contribution in [0.5, 0.6) is 5.75 Å². The second-order valence-electron chi connectivity index (χ2n) is 7.93. The van der Waals surface area contributed by atoms with Gasteiger partial charge >= 0.3 is 0 Å². The average molecular weight is 399 g/mol. The number of carbonyl (C=O) groups excluding carboxylic acids is 1. The summed E-state index contributed by atoms with van der Waals surface area (Å²) >= 11 is 0. The Kier molecular flexibility index (Phi) is 6.88. The molecular formula is C19H32N3O4S+. The fourth-order valence-electron chi connectivity index (χ4n) is 3.13. The molecule has 1 aliphatic heterocycles. The van der Waals surface area contributed by atoms with E-state index in [1.54, 1.807) is 24.3 Å². The number of rotatable bonds is 6. The lowest BCUT2D eigenvalue weighted by atomic mass is 10.1. The van der Waals surface area contributed by atoms with E-state index in [-0.39, 0.29) is 22.4 Å². The van der Waals surface area contributed by atoms with Crippen LogP contribution in [0.2, 0.25) is 0 Å². The molecule has 1 fully saturated rings. The zero-order valence-corrected chi connectivity index (χ0v) is 17.7. The minimum Gasteiger partial charge on any atom is -0.494 e. The van der Waals surface area contributed by atoms with Crippen LogP contribution in [0, 0.1) is 0 Å². The van der Waals surface area contributed by atoms with Crippen LogP contribution in [0.15, 0.2) is 29.2 Å². The Morgan fingerprint density at radius 1 is 1.22 bits per heavy atom. The van der Waals surface area contributed by atoms with E-state index in [0.29, 0.717) is 38.5 Å². The average Bonchev–Trinajstić information content (AvgIpc) is 2.60. The van der Waals surface area contributed by atoms with E-state index in [1.165, 1.54) is 4.31 Å². The summed E-state index contributed by atoms with van der Waals surface area (Å²) in [5.74, 6) is 0.657. The van der Waals surface area contributed by atoms with E-state index in [1.807, 2.05) is 34.6 Å². The molecule has 0 spiro atoms. The van der Waals surface area contributed by atoms with Crippen molar-refractivity contribution in [1.82, 2.24) is 9.62 Å². The van der Waals surface area contributed by atoms with Crippen LogP contribution in [0.25, 0.3) is 0 Å². The summed E-state index contributed by atoms with van der Waals surface area (Å²) in [4.78, 5) is 13.7. The predicted octanol–water partition coefficient (Wildman–Crippen LogP) is 0.278. The van der Waals surface area contributed by atoms with Crippen molar-refractivity contribution in [2.75, 3.05) is 32.8 Å². The second-order valence-corrected chi connectivity index (χ2v) is 9.87. The van der Waals surface area contributed by atoms with Gasteiger partial charge in [0, 0.05) is 5.54 Å². The monoisotopic (exact) mass is 398 g/mol. The van der Waals surface area contributed by atoms with Crippen LogP contribution < -0.4 is 15.0 Å². The van der Waals surface area contributed by atoms with Crippen LogP contribution in [0.3, 0.4) is 0 Å². The van der Waals surface area contributed by atoms with E-state index in [9.17, 15) is 13.2 Å². The first kappa shape index (κ1) is 21.7. The van der Waals surface area contributed by atoms with Crippen molar-refractivity contribution in [2.45, 2.75) is 51.1 Å². The summed E-state index contributed by atoms with van der Waals surface area (Å²) in [6, 6.07) is 6.31. The highest BCUT2D eigenvalue weighted by molar-refractivity contribution is 7.89. The van der Waals surface area contributed by atoms with Gasteiger partial charge in [0.1, 0.15) is 5.75 Å². The normalized spacial score (nSPS) is 18.1. The molecule has 7 nitrogen and oxygen atoms in total. The highest BCUT2D eigenvalue weighted by Crippen LogP contribution is 2.19. The first-order valence-electron chi connectivity index (χ1n) is 9.44. The van der Waals surface area contributed by atoms with E-state index in [4.69, 9.17) is 4.74 Å². The van der Waals surface area contributed by atoms with Crippen molar-refractivity contribution in [3.8, 4) is 5.75 Å². The molecule has 1 heterocycles. The second kappa shape index (κ2) is 8.58. The Hall–Kier alpha value is -1.64. The molecule has 1 aromatic carbocycles. The number of amides is 1. The third kappa shape index (κ3) is 5.67. The highest BCUT2D eigenvalue weighted by Gasteiger charge is 2.35. The lowest BCUT2D eigenvalue weighted by Gasteiger charge is -2.35. The van der Waals surface area contributed by atoms with Gasteiger partial charge < -0.3 is 15.0 Å². The highest BCUT2D eigenvalue weighted by atomic mass is 32.2. The van der Waals surface area contributed by atoms with Gasteiger partial charge in [0.2, 0.25) is 10.0 Å². The van der Waals surface area contributed by atoms with Gasteiger partial charge in [0.05, 0.1) is 37.7 Å². The topological polar surface area (TPSA) is 80.2 Å². The van der Waals surface area contributed by atoms with Crippen LogP contribution in [0.1, 0.15) is 34.6 Å². The molecule has 0 unspecified atom stereocenters. The van der Waals surface area contributed by atoms with Crippen LogP contribution in [-0.4, -0.2) is 63.0 Å². The fraction of sp³-hybridized carbons (Fsp3) is 0.632.